The number of nitrogens with one attached hydrogen (secondary N) is 1. The molecule has 0 bridgehead atoms. The summed E-state index contributed by atoms with van der Waals surface area (Å²) < 4.78 is 77.8. The Kier molecular flexibility index (Phi) is 6.84. The van der Waals surface area contributed by atoms with Crippen LogP contribution in [0.5, 0.6) is 0 Å². The number of amides is 2. The normalized spacial score (nSPS) is 18.7. The average molecular weight is 455 g/mol. The van der Waals surface area contributed by atoms with Crippen LogP contribution in [-0.4, -0.2) is 59.1 Å². The third kappa shape index (κ3) is 6.49. The molecule has 2 amide bonds. The van der Waals surface area contributed by atoms with Crippen LogP contribution in [0, 0.1) is 5.41 Å². The number of carbonyl (C=O) groups excluding carboxylic acids is 1. The Morgan fingerprint density at radius 2 is 1.52 bits per heavy atom. The first kappa shape index (κ1) is 24.8. The van der Waals surface area contributed by atoms with Gasteiger partial charge >= 0.3 is 18.4 Å². The van der Waals surface area contributed by atoms with Crippen molar-refractivity contribution in [2.24, 2.45) is 5.41 Å². The maximum absolute atomic E-state index is 13.0. The molecule has 1 unspecified atom stereocenters. The van der Waals surface area contributed by atoms with Gasteiger partial charge in [-0.05, 0) is 23.6 Å². The van der Waals surface area contributed by atoms with Crippen LogP contribution in [0.25, 0.3) is 0 Å². The molecule has 0 saturated carbocycles. The summed E-state index contributed by atoms with van der Waals surface area (Å²) in [4.78, 5) is 26.7. The second-order valence-corrected chi connectivity index (χ2v) is 8.44. The molecule has 174 valence electrons. The first-order valence-electron chi connectivity index (χ1n) is 9.29. The predicted molar refractivity (Wildman–Crippen MR) is 99.5 cm³/mol. The molecule has 1 aromatic rings. The van der Waals surface area contributed by atoms with Crippen molar-refractivity contribution in [3.05, 3.63) is 29.3 Å². The molecule has 1 aromatic carbocycles. The van der Waals surface area contributed by atoms with Crippen LogP contribution < -0.4 is 5.32 Å². The van der Waals surface area contributed by atoms with Crippen molar-refractivity contribution in [2.45, 2.75) is 39.2 Å². The number of carboxylic acid groups (broad SMARTS) is 1. The minimum atomic E-state index is -5.02. The predicted octanol–water partition coefficient (Wildman–Crippen LogP) is 4.37. The lowest BCUT2D eigenvalue weighted by Crippen LogP contribution is -2.60. The lowest BCUT2D eigenvalue weighted by Gasteiger charge is -2.45. The van der Waals surface area contributed by atoms with E-state index in [-0.39, 0.29) is 32.2 Å². The van der Waals surface area contributed by atoms with E-state index in [0.717, 1.165) is 0 Å². The van der Waals surface area contributed by atoms with Crippen molar-refractivity contribution < 1.29 is 41.0 Å². The number of alkyl halides is 6. The molecule has 1 heterocycles. The molecule has 0 radical (unpaired) electrons. The monoisotopic (exact) mass is 455 g/mol. The molecule has 0 spiro atoms. The second kappa shape index (κ2) is 8.56. The van der Waals surface area contributed by atoms with E-state index in [2.05, 4.69) is 5.32 Å². The highest BCUT2D eigenvalue weighted by atomic mass is 19.4. The molecule has 1 aliphatic rings. The van der Waals surface area contributed by atoms with E-state index in [9.17, 15) is 41.0 Å². The van der Waals surface area contributed by atoms with Gasteiger partial charge in [-0.25, -0.2) is 4.79 Å². The summed E-state index contributed by atoms with van der Waals surface area (Å²) in [6, 6.07) is 0.410. The summed E-state index contributed by atoms with van der Waals surface area (Å²) in [5.41, 5.74) is -4.12. The minimum absolute atomic E-state index is 0.0191. The number of halogens is 6. The number of anilines is 1. The molecule has 1 saturated heterocycles. The van der Waals surface area contributed by atoms with E-state index >= 15 is 0 Å². The van der Waals surface area contributed by atoms with Gasteiger partial charge in [-0.15, -0.1) is 0 Å². The standard InChI is InChI=1S/C19H23F6N3O3/c1-17(2,3)14-9-27(4-5-28(14)16(30)31)10-15(29)26-13-7-11(18(20,21)22)6-12(8-13)19(23,24)25/h6-8,14H,4-5,9-10H2,1-3H3,(H,26,29)(H,30,31). The maximum Gasteiger partial charge on any atom is 0.416 e. The highest BCUT2D eigenvalue weighted by Crippen LogP contribution is 2.37. The largest absolute Gasteiger partial charge is 0.465 e. The zero-order valence-corrected chi connectivity index (χ0v) is 17.1. The topological polar surface area (TPSA) is 72.9 Å². The van der Waals surface area contributed by atoms with E-state index in [1.54, 1.807) is 4.90 Å². The lowest BCUT2D eigenvalue weighted by molar-refractivity contribution is -0.143. The van der Waals surface area contributed by atoms with Crippen LogP contribution in [0.2, 0.25) is 0 Å². The van der Waals surface area contributed by atoms with Gasteiger partial charge in [0.05, 0.1) is 23.7 Å². The second-order valence-electron chi connectivity index (χ2n) is 8.44. The van der Waals surface area contributed by atoms with Gasteiger partial charge in [0.1, 0.15) is 0 Å². The highest BCUT2D eigenvalue weighted by Gasteiger charge is 2.39. The van der Waals surface area contributed by atoms with Gasteiger partial charge in [-0.3, -0.25) is 9.69 Å². The molecule has 0 aromatic heterocycles. The third-order valence-electron chi connectivity index (χ3n) is 4.95. The molecule has 1 aliphatic heterocycles. The maximum atomic E-state index is 13.0. The SMILES string of the molecule is CC(C)(C)C1CN(CC(=O)Nc2cc(C(F)(F)F)cc(C(F)(F)F)c2)CCN1C(=O)O. The summed E-state index contributed by atoms with van der Waals surface area (Å²) in [6.45, 7) is 5.70. The number of hydrogen-bond donors (Lipinski definition) is 2. The Morgan fingerprint density at radius 3 is 1.94 bits per heavy atom. The van der Waals surface area contributed by atoms with E-state index < -0.39 is 52.6 Å². The molecular weight excluding hydrogens is 432 g/mol. The number of carbonyl (C=O) groups is 2. The molecule has 1 atom stereocenters. The summed E-state index contributed by atoms with van der Waals surface area (Å²) in [5, 5.41) is 11.5. The molecule has 1 fully saturated rings. The fraction of sp³-hybridized carbons (Fsp3) is 0.579. The number of rotatable bonds is 3. The lowest BCUT2D eigenvalue weighted by atomic mass is 9.84. The van der Waals surface area contributed by atoms with Gasteiger partial charge in [0, 0.05) is 25.3 Å². The molecule has 2 rings (SSSR count). The van der Waals surface area contributed by atoms with Crippen LogP contribution in [0.15, 0.2) is 18.2 Å². The number of benzene rings is 1. The van der Waals surface area contributed by atoms with Crippen LogP contribution in [0.4, 0.5) is 36.8 Å². The summed E-state index contributed by atoms with van der Waals surface area (Å²) >= 11 is 0. The zero-order valence-electron chi connectivity index (χ0n) is 17.1. The van der Waals surface area contributed by atoms with Crippen LogP contribution in [0.3, 0.4) is 0 Å². The van der Waals surface area contributed by atoms with Gasteiger partial charge in [0.2, 0.25) is 5.91 Å². The molecule has 0 aliphatic carbocycles. The fourth-order valence-corrected chi connectivity index (χ4v) is 3.38. The van der Waals surface area contributed by atoms with Crippen molar-refractivity contribution in [2.75, 3.05) is 31.5 Å². The molecule has 31 heavy (non-hydrogen) atoms. The molecule has 2 N–H and O–H groups in total. The summed E-state index contributed by atoms with van der Waals surface area (Å²) in [5.74, 6) is -0.802. The highest BCUT2D eigenvalue weighted by molar-refractivity contribution is 5.92. The first-order chi connectivity index (χ1) is 14.0. The van der Waals surface area contributed by atoms with E-state index in [0.29, 0.717) is 12.1 Å². The number of piperazine rings is 1. The quantitative estimate of drug-likeness (QED) is 0.664. The first-order valence-corrected chi connectivity index (χ1v) is 9.29. The fourth-order valence-electron chi connectivity index (χ4n) is 3.38. The van der Waals surface area contributed by atoms with Crippen molar-refractivity contribution in [1.29, 1.82) is 0 Å². The van der Waals surface area contributed by atoms with E-state index in [4.69, 9.17) is 0 Å². The molecular formula is C19H23F6N3O3. The molecule has 12 heteroatoms. The minimum Gasteiger partial charge on any atom is -0.465 e. The van der Waals surface area contributed by atoms with E-state index in [1.807, 2.05) is 20.8 Å². The van der Waals surface area contributed by atoms with Crippen LogP contribution >= 0.6 is 0 Å². The third-order valence-corrected chi connectivity index (χ3v) is 4.95. The summed E-state index contributed by atoms with van der Waals surface area (Å²) in [6.07, 6.45) is -11.1. The smallest absolute Gasteiger partial charge is 0.416 e. The van der Waals surface area contributed by atoms with Gasteiger partial charge in [-0.2, -0.15) is 26.3 Å². The number of nitrogens with zero attached hydrogens (tertiary/aromatic N) is 2. The Bertz CT molecular complexity index is 800. The van der Waals surface area contributed by atoms with Crippen molar-refractivity contribution in [1.82, 2.24) is 9.80 Å². The molecule has 6 nitrogen and oxygen atoms in total. The van der Waals surface area contributed by atoms with E-state index in [1.165, 1.54) is 4.90 Å². The van der Waals surface area contributed by atoms with Gasteiger partial charge < -0.3 is 15.3 Å². The average Bonchev–Trinajstić information content (AvgIpc) is 2.58. The van der Waals surface area contributed by atoms with Crippen molar-refractivity contribution in [3.8, 4) is 0 Å². The van der Waals surface area contributed by atoms with Crippen LogP contribution in [-0.2, 0) is 17.1 Å². The van der Waals surface area contributed by atoms with Crippen LogP contribution in [0.1, 0.15) is 31.9 Å². The van der Waals surface area contributed by atoms with Gasteiger partial charge in [0.15, 0.2) is 0 Å². The Balaban J connectivity index is 2.16. The van der Waals surface area contributed by atoms with Crippen molar-refractivity contribution in [3.63, 3.8) is 0 Å². The zero-order chi connectivity index (χ0) is 23.8. The number of hydrogen-bond acceptors (Lipinski definition) is 3. The summed E-state index contributed by atoms with van der Waals surface area (Å²) in [7, 11) is 0. The Hall–Kier alpha value is -2.50. The Labute approximate surface area is 174 Å². The van der Waals surface area contributed by atoms with Crippen molar-refractivity contribution >= 4 is 17.7 Å². The Morgan fingerprint density at radius 1 is 1.00 bits per heavy atom. The van der Waals surface area contributed by atoms with Gasteiger partial charge in [-0.1, -0.05) is 20.8 Å². The van der Waals surface area contributed by atoms with Gasteiger partial charge in [0.25, 0.3) is 0 Å².